The van der Waals surface area contributed by atoms with Gasteiger partial charge in [-0.3, -0.25) is 0 Å². The van der Waals surface area contributed by atoms with Gasteiger partial charge in [0.1, 0.15) is 84.0 Å². The summed E-state index contributed by atoms with van der Waals surface area (Å²) in [7, 11) is 2.73. The molecule has 0 radical (unpaired) electrons. The Morgan fingerprint density at radius 1 is 0.588 bits per heavy atom. The third-order valence-electron chi connectivity index (χ3n) is 11.5. The van der Waals surface area contributed by atoms with E-state index in [1.165, 1.54) is 38.5 Å². The molecule has 0 amide bonds. The molecule has 372 valence electrons. The first-order chi connectivity index (χ1) is 32.5. The first-order valence-electron chi connectivity index (χ1n) is 20.9. The van der Waals surface area contributed by atoms with E-state index in [9.17, 15) is 71.5 Å². The molecule has 24 heteroatoms. The summed E-state index contributed by atoms with van der Waals surface area (Å²) in [6, 6.07) is 10.0. The molecule has 24 nitrogen and oxygen atoms in total. The molecule has 15 atom stereocenters. The number of fused-ring (bicyclic) bond motifs is 1. The van der Waals surface area contributed by atoms with Crippen LogP contribution in [0.15, 0.2) is 59.0 Å². The summed E-state index contributed by atoms with van der Waals surface area (Å²) in [5.74, 6) is -2.41. The van der Waals surface area contributed by atoms with Gasteiger partial charge >= 0.3 is 11.3 Å². The predicted octanol–water partition coefficient (Wildman–Crippen LogP) is -1.86. The molecule has 68 heavy (non-hydrogen) atoms. The summed E-state index contributed by atoms with van der Waals surface area (Å²) in [5.41, 5.74) is 0.425. The molecule has 3 aromatic carbocycles. The van der Waals surface area contributed by atoms with Crippen molar-refractivity contribution >= 4 is 17.0 Å². The van der Waals surface area contributed by atoms with Crippen molar-refractivity contribution in [2.75, 3.05) is 40.6 Å². The molecule has 0 unspecified atom stereocenters. The number of phenols is 4. The average molecular weight is 966 g/mol. The van der Waals surface area contributed by atoms with Crippen molar-refractivity contribution in [1.29, 1.82) is 0 Å². The van der Waals surface area contributed by atoms with Gasteiger partial charge in [0.15, 0.2) is 35.4 Å². The number of aromatic hydroxyl groups is 4. The number of aliphatic hydroxyl groups is 10. The summed E-state index contributed by atoms with van der Waals surface area (Å²) >= 11 is 0. The fourth-order valence-corrected chi connectivity index (χ4v) is 7.70. The Morgan fingerprint density at radius 2 is 1.18 bits per heavy atom. The number of benzene rings is 3. The normalized spacial score (nSPS) is 32.0. The van der Waals surface area contributed by atoms with E-state index >= 15 is 0 Å². The van der Waals surface area contributed by atoms with Crippen LogP contribution in [-0.4, -0.2) is 204 Å². The number of aliphatic hydroxyl groups excluding tert-OH is 10. The lowest BCUT2D eigenvalue weighted by atomic mass is 9.97. The standard InChI is InChI=1S/C44H52O24/c1-59-25-8-17(9-26(60-2)31(25)50)4-3-7-61-16-30-34(53)37(56)41(68-43-39(58)36(55)33(52)29(15-46)66-43)44(67-30)64-27-13-20-23(62-40(27)18-5-6-21(48)22(49)10-18)11-19(47)12-24(20)63-42-38(57)35(54)32(51)28(14-45)65-42/h3-6,8-13,28-30,32-39,41-46,51-58H,7,14-16H2,1-2H3,(H3-,47,48,49,50)/p+1/t28-,29-,30-,32-,33-,34-,35+,36+,37+,38-,39-,41-,42-,43+,44-/m1/s1. The zero-order valence-electron chi connectivity index (χ0n) is 36.1. The van der Waals surface area contributed by atoms with E-state index in [1.54, 1.807) is 12.2 Å². The van der Waals surface area contributed by atoms with Gasteiger partial charge in [-0.2, -0.15) is 0 Å². The van der Waals surface area contributed by atoms with Gasteiger partial charge in [0, 0.05) is 18.2 Å². The van der Waals surface area contributed by atoms with Crippen LogP contribution in [0.3, 0.4) is 0 Å². The van der Waals surface area contributed by atoms with Gasteiger partial charge in [0.2, 0.25) is 24.1 Å². The number of phenolic OH excluding ortho intramolecular Hbond substituents is 4. The van der Waals surface area contributed by atoms with E-state index < -0.39 is 129 Å². The summed E-state index contributed by atoms with van der Waals surface area (Å²) in [6.07, 6.45) is -23.5. The highest BCUT2D eigenvalue weighted by atomic mass is 16.8. The van der Waals surface area contributed by atoms with Gasteiger partial charge in [0.05, 0.1) is 52.3 Å². The second-order valence-corrected chi connectivity index (χ2v) is 16.0. The Bertz CT molecular complexity index is 2350. The quantitative estimate of drug-likeness (QED) is 0.0333. The Balaban J connectivity index is 1.25. The topological polar surface area (TPSA) is 378 Å². The highest BCUT2D eigenvalue weighted by Gasteiger charge is 2.52. The highest BCUT2D eigenvalue weighted by Crippen LogP contribution is 2.44. The van der Waals surface area contributed by atoms with E-state index in [2.05, 4.69) is 0 Å². The van der Waals surface area contributed by atoms with Crippen molar-refractivity contribution < 1.29 is 119 Å². The third-order valence-corrected chi connectivity index (χ3v) is 11.5. The van der Waals surface area contributed by atoms with Crippen molar-refractivity contribution in [2.24, 2.45) is 0 Å². The van der Waals surface area contributed by atoms with Crippen molar-refractivity contribution in [1.82, 2.24) is 0 Å². The molecule has 0 aliphatic carbocycles. The summed E-state index contributed by atoms with van der Waals surface area (Å²) in [5, 5.41) is 148. The molecule has 3 aliphatic heterocycles. The van der Waals surface area contributed by atoms with Crippen molar-refractivity contribution in [3.63, 3.8) is 0 Å². The summed E-state index contributed by atoms with van der Waals surface area (Å²) in [6.45, 7) is -2.16. The van der Waals surface area contributed by atoms with Gasteiger partial charge in [-0.25, -0.2) is 4.42 Å². The van der Waals surface area contributed by atoms with Crippen molar-refractivity contribution in [3.8, 4) is 57.3 Å². The lowest BCUT2D eigenvalue weighted by molar-refractivity contribution is -0.358. The Kier molecular flexibility index (Phi) is 16.0. The third kappa shape index (κ3) is 10.4. The minimum Gasteiger partial charge on any atom is -0.507 e. The maximum Gasteiger partial charge on any atom is 0.402 e. The SMILES string of the molecule is COc1cc(C=CCOC[C@H]2O[C@@H](Oc3cc4c(O[C@@H]5O[C@H](CO)[C@@H](O)[C@H](O)[C@H]5O)cc(O)cc4[o+]c3-c3ccc(O)c(O)c3)[C@H](O[C@@H]3O[C@H](CO)[C@@H](O)[C@H](O)[C@H]3O)[C@@H](O)[C@@H]2O)cc(OC)c1O. The average Bonchev–Trinajstić information content (AvgIpc) is 3.32. The maximum atomic E-state index is 11.7. The van der Waals surface area contributed by atoms with Crippen LogP contribution in [0.2, 0.25) is 0 Å². The summed E-state index contributed by atoms with van der Waals surface area (Å²) < 4.78 is 57.8. The molecular formula is C44H53O24+. The van der Waals surface area contributed by atoms with Crippen LogP contribution in [0.25, 0.3) is 28.4 Å². The smallest absolute Gasteiger partial charge is 0.402 e. The zero-order chi connectivity index (χ0) is 49.1. The molecule has 3 fully saturated rings. The van der Waals surface area contributed by atoms with Crippen LogP contribution in [0.4, 0.5) is 0 Å². The van der Waals surface area contributed by atoms with Crippen LogP contribution in [-0.2, 0) is 23.7 Å². The van der Waals surface area contributed by atoms with Crippen LogP contribution < -0.4 is 18.9 Å². The van der Waals surface area contributed by atoms with Crippen LogP contribution in [0, 0.1) is 0 Å². The monoisotopic (exact) mass is 965 g/mol. The second-order valence-electron chi connectivity index (χ2n) is 16.0. The van der Waals surface area contributed by atoms with Crippen LogP contribution >= 0.6 is 0 Å². The fourth-order valence-electron chi connectivity index (χ4n) is 7.70. The van der Waals surface area contributed by atoms with Gasteiger partial charge in [-0.15, -0.1) is 0 Å². The largest absolute Gasteiger partial charge is 0.507 e. The second kappa shape index (κ2) is 21.5. The molecule has 4 heterocycles. The predicted molar refractivity (Wildman–Crippen MR) is 226 cm³/mol. The Hall–Kier alpha value is -5.39. The molecule has 0 saturated carbocycles. The first-order valence-corrected chi connectivity index (χ1v) is 20.9. The van der Waals surface area contributed by atoms with E-state index in [0.717, 1.165) is 24.3 Å². The Labute approximate surface area is 385 Å². The zero-order valence-corrected chi connectivity index (χ0v) is 36.1. The molecule has 1 aromatic heterocycles. The number of rotatable bonds is 16. The van der Waals surface area contributed by atoms with Crippen molar-refractivity contribution in [3.05, 3.63) is 60.2 Å². The summed E-state index contributed by atoms with van der Waals surface area (Å²) in [4.78, 5) is 0. The van der Waals surface area contributed by atoms with Crippen LogP contribution in [0.5, 0.6) is 46.0 Å². The van der Waals surface area contributed by atoms with E-state index in [1.807, 2.05) is 0 Å². The van der Waals surface area contributed by atoms with Gasteiger partial charge < -0.3 is 114 Å². The molecule has 3 saturated heterocycles. The number of hydrogen-bond donors (Lipinski definition) is 14. The molecule has 3 aliphatic rings. The van der Waals surface area contributed by atoms with Gasteiger partial charge in [0.25, 0.3) is 0 Å². The lowest BCUT2D eigenvalue weighted by Gasteiger charge is -2.45. The highest BCUT2D eigenvalue weighted by molar-refractivity contribution is 5.89. The molecule has 0 spiro atoms. The van der Waals surface area contributed by atoms with Gasteiger partial charge in [-0.05, 0) is 29.8 Å². The molecular weight excluding hydrogens is 912 g/mol. The maximum absolute atomic E-state index is 11.7. The van der Waals surface area contributed by atoms with Crippen LogP contribution in [0.1, 0.15) is 5.56 Å². The first kappa shape index (κ1) is 50.5. The Morgan fingerprint density at radius 3 is 1.79 bits per heavy atom. The molecule has 0 bridgehead atoms. The van der Waals surface area contributed by atoms with E-state index in [4.69, 9.17) is 47.0 Å². The number of hydrogen-bond acceptors (Lipinski definition) is 23. The van der Waals surface area contributed by atoms with E-state index in [0.29, 0.717) is 5.56 Å². The number of ether oxygens (including phenoxy) is 9. The fraction of sp³-hybridized carbons (Fsp3) is 0.477. The van der Waals surface area contributed by atoms with E-state index in [-0.39, 0.29) is 57.6 Å². The molecule has 14 N–H and O–H groups in total. The minimum absolute atomic E-state index is 0.0234. The molecule has 7 rings (SSSR count). The number of methoxy groups -OCH3 is 2. The minimum atomic E-state index is -2.00. The van der Waals surface area contributed by atoms with Gasteiger partial charge in [-0.1, -0.05) is 12.2 Å². The lowest BCUT2D eigenvalue weighted by Crippen LogP contribution is -2.65. The van der Waals surface area contributed by atoms with Crippen molar-refractivity contribution in [2.45, 2.75) is 92.1 Å². The molecule has 4 aromatic rings.